The second-order valence-electron chi connectivity index (χ2n) is 6.90. The smallest absolute Gasteiger partial charge is 0.399 e. The number of hydrogen-bond acceptors (Lipinski definition) is 5. The Morgan fingerprint density at radius 2 is 1.72 bits per heavy atom. The second-order valence-corrected chi connectivity index (χ2v) is 7.34. The largest absolute Gasteiger partial charge is 0.496 e. The maximum absolute atomic E-state index is 12.4. The lowest BCUT2D eigenvalue weighted by atomic mass is 9.77. The number of anilines is 1. The monoisotopic (exact) mass is 359 g/mol. The molecule has 0 saturated carbocycles. The third-order valence-corrected chi connectivity index (χ3v) is 4.83. The van der Waals surface area contributed by atoms with Gasteiger partial charge in [-0.25, -0.2) is 9.97 Å². The maximum Gasteiger partial charge on any atom is 0.496 e. The van der Waals surface area contributed by atoms with Crippen LogP contribution in [0.15, 0.2) is 36.9 Å². The summed E-state index contributed by atoms with van der Waals surface area (Å²) >= 11 is 6.11. The molecule has 0 spiro atoms. The molecule has 130 valence electrons. The van der Waals surface area contributed by atoms with Gasteiger partial charge in [0.25, 0.3) is 5.91 Å². The highest BCUT2D eigenvalue weighted by molar-refractivity contribution is 6.64. The predicted octanol–water partition coefficient (Wildman–Crippen LogP) is 2.68. The third kappa shape index (κ3) is 3.54. The van der Waals surface area contributed by atoms with Crippen LogP contribution in [-0.2, 0) is 9.31 Å². The van der Waals surface area contributed by atoms with Crippen LogP contribution in [-0.4, -0.2) is 34.2 Å². The van der Waals surface area contributed by atoms with Crippen LogP contribution in [0.4, 0.5) is 5.69 Å². The summed E-state index contributed by atoms with van der Waals surface area (Å²) in [6.07, 6.45) is 4.26. The summed E-state index contributed by atoms with van der Waals surface area (Å²) in [6, 6.07) is 5.20. The first-order valence-corrected chi connectivity index (χ1v) is 8.29. The van der Waals surface area contributed by atoms with Crippen molar-refractivity contribution < 1.29 is 14.1 Å². The summed E-state index contributed by atoms with van der Waals surface area (Å²) in [5.74, 6) is -0.333. The van der Waals surface area contributed by atoms with E-state index in [1.807, 2.05) is 27.7 Å². The number of aromatic nitrogens is 2. The Kier molecular flexibility index (Phi) is 4.57. The molecule has 0 unspecified atom stereocenters. The van der Waals surface area contributed by atoms with E-state index in [0.717, 1.165) is 0 Å². The van der Waals surface area contributed by atoms with Gasteiger partial charge >= 0.3 is 7.12 Å². The lowest BCUT2D eigenvalue weighted by Crippen LogP contribution is -2.41. The van der Waals surface area contributed by atoms with Crippen LogP contribution in [0, 0.1) is 0 Å². The molecule has 1 fully saturated rings. The van der Waals surface area contributed by atoms with Crippen LogP contribution in [0.5, 0.6) is 0 Å². The molecule has 25 heavy (non-hydrogen) atoms. The Hall–Kier alpha value is -1.96. The SMILES string of the molecule is CC1(C)OB(c2ccc(Cl)cc2NC(=O)c2cncnc2)OC1(C)C. The maximum atomic E-state index is 12.4. The molecule has 0 radical (unpaired) electrons. The Morgan fingerprint density at radius 3 is 2.32 bits per heavy atom. The van der Waals surface area contributed by atoms with E-state index < -0.39 is 18.3 Å². The molecule has 0 aliphatic carbocycles. The number of rotatable bonds is 3. The van der Waals surface area contributed by atoms with Crippen LogP contribution in [0.1, 0.15) is 38.1 Å². The number of halogens is 1. The van der Waals surface area contributed by atoms with Gasteiger partial charge in [0, 0.05) is 28.6 Å². The first-order valence-electron chi connectivity index (χ1n) is 7.91. The zero-order valence-electron chi connectivity index (χ0n) is 14.5. The quantitative estimate of drug-likeness (QED) is 0.853. The predicted molar refractivity (Wildman–Crippen MR) is 97.2 cm³/mol. The summed E-state index contributed by atoms with van der Waals surface area (Å²) in [5.41, 5.74) is 0.619. The van der Waals surface area contributed by atoms with E-state index in [1.54, 1.807) is 18.2 Å². The molecule has 1 N–H and O–H groups in total. The highest BCUT2D eigenvalue weighted by Crippen LogP contribution is 2.37. The van der Waals surface area contributed by atoms with E-state index >= 15 is 0 Å². The van der Waals surface area contributed by atoms with Gasteiger partial charge in [-0.05, 0) is 39.8 Å². The summed E-state index contributed by atoms with van der Waals surface area (Å²) in [4.78, 5) is 20.1. The van der Waals surface area contributed by atoms with Gasteiger partial charge in [0.1, 0.15) is 6.33 Å². The van der Waals surface area contributed by atoms with Crippen molar-refractivity contribution >= 4 is 35.8 Å². The zero-order chi connectivity index (χ0) is 18.2. The van der Waals surface area contributed by atoms with Gasteiger partial charge in [0.05, 0.1) is 16.8 Å². The Bertz CT molecular complexity index is 783. The first kappa shape index (κ1) is 17.9. The van der Waals surface area contributed by atoms with E-state index in [2.05, 4.69) is 15.3 Å². The van der Waals surface area contributed by atoms with Gasteiger partial charge in [-0.2, -0.15) is 0 Å². The first-order chi connectivity index (χ1) is 11.7. The number of nitrogens with one attached hydrogen (secondary N) is 1. The highest BCUT2D eigenvalue weighted by Gasteiger charge is 2.52. The molecule has 0 atom stereocenters. The minimum absolute atomic E-state index is 0.333. The van der Waals surface area contributed by atoms with Crippen molar-refractivity contribution in [3.05, 3.63) is 47.5 Å². The standard InChI is InChI=1S/C17H19BClN3O3/c1-16(2)17(3,4)25-18(24-16)13-6-5-12(19)7-14(13)22-15(23)11-8-20-10-21-9-11/h5-10H,1-4H3,(H,22,23). The number of benzene rings is 1. The van der Waals surface area contributed by atoms with Crippen molar-refractivity contribution in [2.24, 2.45) is 0 Å². The molecule has 0 bridgehead atoms. The number of carbonyl (C=O) groups is 1. The average molecular weight is 360 g/mol. The molecule has 1 aromatic heterocycles. The van der Waals surface area contributed by atoms with E-state index in [4.69, 9.17) is 20.9 Å². The van der Waals surface area contributed by atoms with Gasteiger partial charge in [-0.3, -0.25) is 4.79 Å². The molecule has 1 aromatic carbocycles. The van der Waals surface area contributed by atoms with Crippen LogP contribution >= 0.6 is 11.6 Å². The molecule has 1 amide bonds. The Balaban J connectivity index is 1.91. The van der Waals surface area contributed by atoms with Crippen LogP contribution in [0.2, 0.25) is 5.02 Å². The summed E-state index contributed by atoms with van der Waals surface area (Å²) in [6.45, 7) is 7.90. The number of carbonyl (C=O) groups excluding carboxylic acids is 1. The summed E-state index contributed by atoms with van der Waals surface area (Å²) < 4.78 is 12.2. The van der Waals surface area contributed by atoms with Crippen molar-refractivity contribution in [2.75, 3.05) is 5.32 Å². The molecule has 6 nitrogen and oxygen atoms in total. The van der Waals surface area contributed by atoms with E-state index in [9.17, 15) is 4.79 Å². The van der Waals surface area contributed by atoms with Gasteiger partial charge in [-0.15, -0.1) is 0 Å². The Labute approximate surface area is 152 Å². The van der Waals surface area contributed by atoms with E-state index in [0.29, 0.717) is 21.7 Å². The Morgan fingerprint density at radius 1 is 1.12 bits per heavy atom. The summed E-state index contributed by atoms with van der Waals surface area (Å²) in [7, 11) is -0.607. The van der Waals surface area contributed by atoms with Crippen molar-refractivity contribution in [1.82, 2.24) is 9.97 Å². The van der Waals surface area contributed by atoms with Crippen molar-refractivity contribution in [3.8, 4) is 0 Å². The minimum Gasteiger partial charge on any atom is -0.399 e. The van der Waals surface area contributed by atoms with Gasteiger partial charge < -0.3 is 14.6 Å². The lowest BCUT2D eigenvalue weighted by molar-refractivity contribution is 0.00578. The topological polar surface area (TPSA) is 73.3 Å². The number of amides is 1. The fraction of sp³-hybridized carbons (Fsp3) is 0.353. The molecule has 2 aromatic rings. The van der Waals surface area contributed by atoms with Crippen molar-refractivity contribution in [1.29, 1.82) is 0 Å². The molecule has 3 rings (SSSR count). The minimum atomic E-state index is -0.607. The van der Waals surface area contributed by atoms with Crippen LogP contribution < -0.4 is 10.8 Å². The number of hydrogen-bond donors (Lipinski definition) is 1. The van der Waals surface area contributed by atoms with E-state index in [-0.39, 0.29) is 5.91 Å². The molecule has 8 heteroatoms. The molecular formula is C17H19BClN3O3. The molecular weight excluding hydrogens is 340 g/mol. The normalized spacial score (nSPS) is 18.2. The van der Waals surface area contributed by atoms with Gasteiger partial charge in [-0.1, -0.05) is 17.7 Å². The fourth-order valence-corrected chi connectivity index (χ4v) is 2.60. The highest BCUT2D eigenvalue weighted by atomic mass is 35.5. The average Bonchev–Trinajstić information content (AvgIpc) is 2.76. The van der Waals surface area contributed by atoms with Crippen LogP contribution in [0.25, 0.3) is 0 Å². The number of nitrogens with zero attached hydrogens (tertiary/aromatic N) is 2. The lowest BCUT2D eigenvalue weighted by Gasteiger charge is -2.32. The molecule has 2 heterocycles. The zero-order valence-corrected chi connectivity index (χ0v) is 15.3. The van der Waals surface area contributed by atoms with Crippen LogP contribution in [0.3, 0.4) is 0 Å². The van der Waals surface area contributed by atoms with Crippen molar-refractivity contribution in [3.63, 3.8) is 0 Å². The van der Waals surface area contributed by atoms with Gasteiger partial charge in [0.15, 0.2) is 0 Å². The summed E-state index contributed by atoms with van der Waals surface area (Å²) in [5, 5.41) is 3.34. The van der Waals surface area contributed by atoms with Gasteiger partial charge in [0.2, 0.25) is 0 Å². The van der Waals surface area contributed by atoms with Crippen molar-refractivity contribution in [2.45, 2.75) is 38.9 Å². The molecule has 1 saturated heterocycles. The second kappa shape index (κ2) is 6.40. The fourth-order valence-electron chi connectivity index (χ4n) is 2.42. The van der Waals surface area contributed by atoms with E-state index in [1.165, 1.54) is 18.7 Å². The third-order valence-electron chi connectivity index (χ3n) is 4.59. The molecule has 1 aliphatic rings. The molecule has 1 aliphatic heterocycles.